The predicted octanol–water partition coefficient (Wildman–Crippen LogP) is 1.79. The molecule has 0 fully saturated rings. The van der Waals surface area contributed by atoms with Crippen molar-refractivity contribution in [2.75, 3.05) is 30.9 Å². The molecular formula is C13H18N2O2S. The summed E-state index contributed by atoms with van der Waals surface area (Å²) in [4.78, 5) is 15.1. The summed E-state index contributed by atoms with van der Waals surface area (Å²) in [5.41, 5.74) is 7.56. The lowest BCUT2D eigenvalue weighted by Gasteiger charge is -2.31. The van der Waals surface area contributed by atoms with Crippen LogP contribution in [0.15, 0.2) is 17.0 Å². The Morgan fingerprint density at radius 3 is 3.00 bits per heavy atom. The topological polar surface area (TPSA) is 55.6 Å². The van der Waals surface area contributed by atoms with Gasteiger partial charge in [-0.15, -0.1) is 11.8 Å². The molecule has 98 valence electrons. The average molecular weight is 266 g/mol. The number of nitrogens with two attached hydrogens (primary N) is 1. The van der Waals surface area contributed by atoms with E-state index in [2.05, 4.69) is 6.92 Å². The highest BCUT2D eigenvalue weighted by Crippen LogP contribution is 2.43. The molecule has 0 aliphatic carbocycles. The molecule has 1 aliphatic heterocycles. The van der Waals surface area contributed by atoms with E-state index in [9.17, 15) is 4.79 Å². The van der Waals surface area contributed by atoms with E-state index in [1.165, 1.54) is 5.56 Å². The third-order valence-electron chi connectivity index (χ3n) is 3.00. The van der Waals surface area contributed by atoms with E-state index in [1.807, 2.05) is 17.0 Å². The van der Waals surface area contributed by atoms with Gasteiger partial charge < -0.3 is 15.4 Å². The van der Waals surface area contributed by atoms with Gasteiger partial charge in [0.1, 0.15) is 11.4 Å². The Hall–Kier alpha value is -1.20. The number of hydrogen-bond acceptors (Lipinski definition) is 4. The molecule has 0 bridgehead atoms. The fourth-order valence-electron chi connectivity index (χ4n) is 2.12. The Morgan fingerprint density at radius 1 is 1.56 bits per heavy atom. The highest BCUT2D eigenvalue weighted by molar-refractivity contribution is 7.99. The van der Waals surface area contributed by atoms with E-state index in [0.29, 0.717) is 13.0 Å². The second-order valence-corrected chi connectivity index (χ2v) is 5.30. The van der Waals surface area contributed by atoms with Crippen LogP contribution >= 0.6 is 11.8 Å². The maximum atomic E-state index is 12.1. The van der Waals surface area contributed by atoms with Gasteiger partial charge >= 0.3 is 0 Å². The largest absolute Gasteiger partial charge is 0.495 e. The van der Waals surface area contributed by atoms with E-state index in [1.54, 1.807) is 18.9 Å². The number of rotatable bonds is 3. The zero-order chi connectivity index (χ0) is 13.1. The maximum Gasteiger partial charge on any atom is 0.228 e. The molecule has 2 rings (SSSR count). The Bertz CT molecular complexity index is 463. The van der Waals surface area contributed by atoms with Crippen molar-refractivity contribution in [3.8, 4) is 5.75 Å². The zero-order valence-corrected chi connectivity index (χ0v) is 11.5. The first kappa shape index (κ1) is 13.2. The van der Waals surface area contributed by atoms with E-state index in [0.717, 1.165) is 28.6 Å². The number of carbonyl (C=O) groups is 1. The van der Waals surface area contributed by atoms with Crippen LogP contribution in [-0.4, -0.2) is 31.9 Å². The number of anilines is 1. The Morgan fingerprint density at radius 2 is 2.33 bits per heavy atom. The van der Waals surface area contributed by atoms with Crippen molar-refractivity contribution in [1.29, 1.82) is 0 Å². The summed E-state index contributed by atoms with van der Waals surface area (Å²) in [6, 6.07) is 3.95. The first-order valence-electron chi connectivity index (χ1n) is 6.00. The molecule has 18 heavy (non-hydrogen) atoms. The summed E-state index contributed by atoms with van der Waals surface area (Å²) < 4.78 is 5.39. The number of benzene rings is 1. The Labute approximate surface area is 111 Å². The molecule has 1 amide bonds. The first-order chi connectivity index (χ1) is 8.69. The lowest BCUT2D eigenvalue weighted by atomic mass is 10.1. The van der Waals surface area contributed by atoms with Crippen molar-refractivity contribution >= 4 is 23.4 Å². The molecule has 0 saturated heterocycles. The van der Waals surface area contributed by atoms with Crippen molar-refractivity contribution in [2.24, 2.45) is 5.73 Å². The van der Waals surface area contributed by atoms with Crippen molar-refractivity contribution in [2.45, 2.75) is 18.2 Å². The number of nitrogens with zero attached hydrogens (tertiary/aromatic N) is 1. The summed E-state index contributed by atoms with van der Waals surface area (Å²) in [6.07, 6.45) is 0.376. The summed E-state index contributed by atoms with van der Waals surface area (Å²) in [6.45, 7) is 3.16. The quantitative estimate of drug-likeness (QED) is 0.906. The molecule has 5 heteroatoms. The number of methoxy groups -OCH3 is 1. The van der Waals surface area contributed by atoms with Gasteiger partial charge in [-0.25, -0.2) is 0 Å². The summed E-state index contributed by atoms with van der Waals surface area (Å²) in [5.74, 6) is 1.74. The van der Waals surface area contributed by atoms with Crippen LogP contribution in [0.2, 0.25) is 0 Å². The van der Waals surface area contributed by atoms with Crippen LogP contribution in [-0.2, 0) is 4.79 Å². The van der Waals surface area contributed by atoms with Gasteiger partial charge in [-0.05, 0) is 18.6 Å². The molecule has 0 spiro atoms. The molecule has 0 radical (unpaired) electrons. The van der Waals surface area contributed by atoms with Gasteiger partial charge in [0.25, 0.3) is 0 Å². The Balaban J connectivity index is 2.46. The number of aryl methyl sites for hydroxylation is 1. The predicted molar refractivity (Wildman–Crippen MR) is 74.5 cm³/mol. The van der Waals surface area contributed by atoms with Gasteiger partial charge in [0.15, 0.2) is 0 Å². The second kappa shape index (κ2) is 5.63. The standard InChI is InChI=1S/C13H18N2O2S/c1-9-3-4-10(17-2)12-13(9)18-8-7-15(12)11(16)5-6-14/h3-4H,5-8,14H2,1-2H3. The smallest absolute Gasteiger partial charge is 0.228 e. The first-order valence-corrected chi connectivity index (χ1v) is 6.98. The van der Waals surface area contributed by atoms with Crippen LogP contribution in [0, 0.1) is 6.92 Å². The maximum absolute atomic E-state index is 12.1. The van der Waals surface area contributed by atoms with Crippen molar-refractivity contribution in [3.05, 3.63) is 17.7 Å². The van der Waals surface area contributed by atoms with Gasteiger partial charge in [0, 0.05) is 30.2 Å². The molecule has 2 N–H and O–H groups in total. The molecule has 0 saturated carbocycles. The average Bonchev–Trinajstić information content (AvgIpc) is 2.39. The minimum atomic E-state index is 0.0722. The van der Waals surface area contributed by atoms with Gasteiger partial charge in [-0.3, -0.25) is 4.79 Å². The summed E-state index contributed by atoms with van der Waals surface area (Å²) in [5, 5.41) is 0. The van der Waals surface area contributed by atoms with Crippen LogP contribution in [0.3, 0.4) is 0 Å². The number of hydrogen-bond donors (Lipinski definition) is 1. The van der Waals surface area contributed by atoms with Crippen LogP contribution in [0.1, 0.15) is 12.0 Å². The third kappa shape index (κ3) is 2.33. The fraction of sp³-hybridized carbons (Fsp3) is 0.462. The Kier molecular flexibility index (Phi) is 4.14. The van der Waals surface area contributed by atoms with Crippen LogP contribution in [0.4, 0.5) is 5.69 Å². The molecule has 4 nitrogen and oxygen atoms in total. The minimum absolute atomic E-state index is 0.0722. The van der Waals surface area contributed by atoms with E-state index >= 15 is 0 Å². The minimum Gasteiger partial charge on any atom is -0.495 e. The zero-order valence-electron chi connectivity index (χ0n) is 10.7. The van der Waals surface area contributed by atoms with Gasteiger partial charge in [0.2, 0.25) is 5.91 Å². The van der Waals surface area contributed by atoms with Crippen molar-refractivity contribution < 1.29 is 9.53 Å². The molecule has 1 aliphatic rings. The van der Waals surface area contributed by atoms with Crippen LogP contribution in [0.5, 0.6) is 5.75 Å². The molecular weight excluding hydrogens is 248 g/mol. The van der Waals surface area contributed by atoms with Crippen LogP contribution < -0.4 is 15.4 Å². The van der Waals surface area contributed by atoms with Crippen molar-refractivity contribution in [1.82, 2.24) is 0 Å². The van der Waals surface area contributed by atoms with Gasteiger partial charge in [-0.1, -0.05) is 6.07 Å². The van der Waals surface area contributed by atoms with Crippen LogP contribution in [0.25, 0.3) is 0 Å². The molecule has 1 aromatic rings. The van der Waals surface area contributed by atoms with E-state index < -0.39 is 0 Å². The summed E-state index contributed by atoms with van der Waals surface area (Å²) in [7, 11) is 1.63. The van der Waals surface area contributed by atoms with Gasteiger partial charge in [0.05, 0.1) is 7.11 Å². The number of fused-ring (bicyclic) bond motifs is 1. The number of thioether (sulfide) groups is 1. The molecule has 0 unspecified atom stereocenters. The molecule has 0 atom stereocenters. The van der Waals surface area contributed by atoms with Gasteiger partial charge in [-0.2, -0.15) is 0 Å². The highest BCUT2D eigenvalue weighted by atomic mass is 32.2. The molecule has 1 aromatic carbocycles. The number of amides is 1. The molecule has 0 aromatic heterocycles. The molecule has 1 heterocycles. The monoisotopic (exact) mass is 266 g/mol. The lowest BCUT2D eigenvalue weighted by Crippen LogP contribution is -2.36. The second-order valence-electron chi connectivity index (χ2n) is 4.19. The number of ether oxygens (including phenoxy) is 1. The SMILES string of the molecule is COc1ccc(C)c2c1N(C(=O)CCN)CCS2. The normalized spacial score (nSPS) is 14.3. The van der Waals surface area contributed by atoms with E-state index in [4.69, 9.17) is 10.5 Å². The number of carbonyl (C=O) groups excluding carboxylic acids is 1. The summed E-state index contributed by atoms with van der Waals surface area (Å²) >= 11 is 1.78. The van der Waals surface area contributed by atoms with Crippen molar-refractivity contribution in [3.63, 3.8) is 0 Å². The highest BCUT2D eigenvalue weighted by Gasteiger charge is 2.27. The lowest BCUT2D eigenvalue weighted by molar-refractivity contribution is -0.118. The third-order valence-corrected chi connectivity index (χ3v) is 4.19. The van der Waals surface area contributed by atoms with E-state index in [-0.39, 0.29) is 5.91 Å². The fourth-order valence-corrected chi connectivity index (χ4v) is 3.24.